The predicted molar refractivity (Wildman–Crippen MR) is 96.0 cm³/mol. The Kier molecular flexibility index (Phi) is 4.88. The van der Waals surface area contributed by atoms with E-state index < -0.39 is 26.6 Å². The van der Waals surface area contributed by atoms with Crippen LogP contribution in [-0.4, -0.2) is 50.4 Å². The lowest BCUT2D eigenvalue weighted by Crippen LogP contribution is -2.48. The molecule has 0 spiro atoms. The highest BCUT2D eigenvalue weighted by Crippen LogP contribution is 2.27. The molecule has 2 aromatic rings. The Balaban J connectivity index is 1.43. The Morgan fingerprint density at radius 2 is 1.70 bits per heavy atom. The molecule has 1 saturated heterocycles. The van der Waals surface area contributed by atoms with E-state index in [1.165, 1.54) is 5.56 Å². The fourth-order valence-corrected chi connectivity index (χ4v) is 5.11. The van der Waals surface area contributed by atoms with Crippen LogP contribution in [0.1, 0.15) is 11.1 Å². The maximum atomic E-state index is 13.9. The second-order valence-electron chi connectivity index (χ2n) is 6.77. The fourth-order valence-electron chi connectivity index (χ4n) is 3.58. The third-order valence-corrected chi connectivity index (χ3v) is 6.96. The minimum absolute atomic E-state index is 0.199. The minimum atomic E-state index is -4.19. The normalized spacial score (nSPS) is 18.3. The van der Waals surface area contributed by atoms with Gasteiger partial charge in [0, 0.05) is 39.1 Å². The van der Waals surface area contributed by atoms with E-state index in [2.05, 4.69) is 11.0 Å². The average Bonchev–Trinajstić information content (AvgIpc) is 3.09. The van der Waals surface area contributed by atoms with Crippen molar-refractivity contribution in [2.24, 2.45) is 0 Å². The number of halogens is 2. The van der Waals surface area contributed by atoms with E-state index in [1.54, 1.807) is 0 Å². The van der Waals surface area contributed by atoms with E-state index in [9.17, 15) is 17.2 Å². The molecule has 0 unspecified atom stereocenters. The molecule has 144 valence electrons. The van der Waals surface area contributed by atoms with Crippen molar-refractivity contribution in [1.29, 1.82) is 0 Å². The zero-order chi connectivity index (χ0) is 19.0. The summed E-state index contributed by atoms with van der Waals surface area (Å²) in [7, 11) is -4.19. The quantitative estimate of drug-likeness (QED) is 0.799. The summed E-state index contributed by atoms with van der Waals surface area (Å²) in [6, 6.07) is 9.19. The molecule has 2 aromatic carbocycles. The monoisotopic (exact) mass is 394 g/mol. The van der Waals surface area contributed by atoms with Crippen molar-refractivity contribution in [1.82, 2.24) is 9.21 Å². The van der Waals surface area contributed by atoms with E-state index in [4.69, 9.17) is 4.74 Å². The molecule has 1 fully saturated rings. The summed E-state index contributed by atoms with van der Waals surface area (Å²) in [5, 5.41) is 0. The van der Waals surface area contributed by atoms with Crippen molar-refractivity contribution in [3.8, 4) is 5.75 Å². The maximum absolute atomic E-state index is 13.9. The number of fused-ring (bicyclic) bond motifs is 1. The first-order chi connectivity index (χ1) is 12.9. The third-order valence-electron chi connectivity index (χ3n) is 5.01. The van der Waals surface area contributed by atoms with Gasteiger partial charge in [-0.2, -0.15) is 4.31 Å². The molecule has 2 aliphatic heterocycles. The van der Waals surface area contributed by atoms with E-state index in [1.807, 2.05) is 12.1 Å². The lowest BCUT2D eigenvalue weighted by atomic mass is 10.1. The van der Waals surface area contributed by atoms with Gasteiger partial charge in [0.2, 0.25) is 10.0 Å². The Morgan fingerprint density at radius 3 is 2.41 bits per heavy atom. The van der Waals surface area contributed by atoms with Crippen LogP contribution in [0.4, 0.5) is 8.78 Å². The highest BCUT2D eigenvalue weighted by Gasteiger charge is 2.33. The number of rotatable bonds is 4. The molecular weight excluding hydrogens is 374 g/mol. The van der Waals surface area contributed by atoms with Gasteiger partial charge >= 0.3 is 0 Å². The second kappa shape index (κ2) is 7.18. The molecule has 2 heterocycles. The molecule has 2 aliphatic rings. The first-order valence-corrected chi connectivity index (χ1v) is 10.3. The number of hydrogen-bond acceptors (Lipinski definition) is 4. The Hall–Kier alpha value is -2.03. The summed E-state index contributed by atoms with van der Waals surface area (Å²) < 4.78 is 59.7. The van der Waals surface area contributed by atoms with Crippen molar-refractivity contribution >= 4 is 10.0 Å². The number of ether oxygens (including phenoxy) is 1. The van der Waals surface area contributed by atoms with Gasteiger partial charge < -0.3 is 4.74 Å². The van der Waals surface area contributed by atoms with E-state index in [0.29, 0.717) is 26.2 Å². The van der Waals surface area contributed by atoms with E-state index in [-0.39, 0.29) is 13.1 Å². The van der Waals surface area contributed by atoms with Crippen LogP contribution in [0.5, 0.6) is 5.75 Å². The molecule has 0 aromatic heterocycles. The first kappa shape index (κ1) is 18.3. The van der Waals surface area contributed by atoms with Crippen LogP contribution in [0.2, 0.25) is 0 Å². The molecule has 5 nitrogen and oxygen atoms in total. The Labute approximate surface area is 157 Å². The van der Waals surface area contributed by atoms with Crippen LogP contribution < -0.4 is 4.74 Å². The average molecular weight is 394 g/mol. The van der Waals surface area contributed by atoms with E-state index >= 15 is 0 Å². The van der Waals surface area contributed by atoms with Crippen LogP contribution in [0.15, 0.2) is 41.3 Å². The summed E-state index contributed by atoms with van der Waals surface area (Å²) in [5.41, 5.74) is 2.35. The van der Waals surface area contributed by atoms with Crippen molar-refractivity contribution in [3.63, 3.8) is 0 Å². The maximum Gasteiger partial charge on any atom is 0.249 e. The van der Waals surface area contributed by atoms with Crippen molar-refractivity contribution < 1.29 is 21.9 Å². The molecule has 0 amide bonds. The number of benzene rings is 2. The smallest absolute Gasteiger partial charge is 0.249 e. The highest BCUT2D eigenvalue weighted by molar-refractivity contribution is 7.89. The van der Waals surface area contributed by atoms with Gasteiger partial charge in [0.15, 0.2) is 4.90 Å². The Bertz CT molecular complexity index is 937. The molecule has 0 N–H and O–H groups in total. The highest BCUT2D eigenvalue weighted by atomic mass is 32.2. The van der Waals surface area contributed by atoms with Gasteiger partial charge in [-0.05, 0) is 29.3 Å². The first-order valence-electron chi connectivity index (χ1n) is 8.86. The molecule has 0 atom stereocenters. The molecule has 4 rings (SSSR count). The van der Waals surface area contributed by atoms with Gasteiger partial charge in [-0.1, -0.05) is 18.2 Å². The zero-order valence-electron chi connectivity index (χ0n) is 14.7. The molecule has 0 saturated carbocycles. The molecule has 0 bridgehead atoms. The minimum Gasteiger partial charge on any atom is -0.493 e. The molecule has 8 heteroatoms. The SMILES string of the molecule is O=S(=O)(c1c(F)cccc1F)N1CCN(Cc2ccc3c(c2)CCO3)CC1. The van der Waals surface area contributed by atoms with Crippen LogP contribution in [0.3, 0.4) is 0 Å². The zero-order valence-corrected chi connectivity index (χ0v) is 15.5. The predicted octanol–water partition coefficient (Wildman–Crippen LogP) is 2.41. The standard InChI is InChI=1S/C19H20F2N2O3S/c20-16-2-1-3-17(21)19(16)27(24,25)23-9-7-22(8-10-23)13-14-4-5-18-15(12-14)6-11-26-18/h1-5,12H,6-11,13H2. The van der Waals surface area contributed by atoms with Crippen molar-refractivity contribution in [3.05, 3.63) is 59.2 Å². The summed E-state index contributed by atoms with van der Waals surface area (Å²) in [4.78, 5) is 1.28. The number of nitrogens with zero attached hydrogens (tertiary/aromatic N) is 2. The van der Waals surface area contributed by atoms with Gasteiger partial charge in [0.1, 0.15) is 17.4 Å². The molecule has 27 heavy (non-hydrogen) atoms. The largest absolute Gasteiger partial charge is 0.493 e. The van der Waals surface area contributed by atoms with Crippen LogP contribution in [0.25, 0.3) is 0 Å². The molecular formula is C19H20F2N2O3S. The summed E-state index contributed by atoms with van der Waals surface area (Å²) >= 11 is 0. The van der Waals surface area contributed by atoms with Crippen LogP contribution >= 0.6 is 0 Å². The number of sulfonamides is 1. The van der Waals surface area contributed by atoms with Crippen molar-refractivity contribution in [2.45, 2.75) is 17.9 Å². The van der Waals surface area contributed by atoms with Gasteiger partial charge in [-0.3, -0.25) is 4.90 Å². The topological polar surface area (TPSA) is 49.9 Å². The second-order valence-corrected chi connectivity index (χ2v) is 8.65. The number of piperazine rings is 1. The fraction of sp³-hybridized carbons (Fsp3) is 0.368. The summed E-state index contributed by atoms with van der Waals surface area (Å²) in [6.07, 6.45) is 0.906. The molecule has 0 radical (unpaired) electrons. The lowest BCUT2D eigenvalue weighted by molar-refractivity contribution is 0.181. The van der Waals surface area contributed by atoms with Gasteiger partial charge in [-0.25, -0.2) is 17.2 Å². The third kappa shape index (κ3) is 3.56. The lowest BCUT2D eigenvalue weighted by Gasteiger charge is -2.34. The summed E-state index contributed by atoms with van der Waals surface area (Å²) in [6.45, 7) is 2.82. The number of hydrogen-bond donors (Lipinski definition) is 0. The van der Waals surface area contributed by atoms with Crippen LogP contribution in [0, 0.1) is 11.6 Å². The van der Waals surface area contributed by atoms with Gasteiger partial charge in [-0.15, -0.1) is 0 Å². The Morgan fingerprint density at radius 1 is 1.00 bits per heavy atom. The molecule has 0 aliphatic carbocycles. The van der Waals surface area contributed by atoms with Crippen molar-refractivity contribution in [2.75, 3.05) is 32.8 Å². The van der Waals surface area contributed by atoms with Gasteiger partial charge in [0.25, 0.3) is 0 Å². The van der Waals surface area contributed by atoms with Gasteiger partial charge in [0.05, 0.1) is 6.61 Å². The summed E-state index contributed by atoms with van der Waals surface area (Å²) in [5.74, 6) is -1.18. The van der Waals surface area contributed by atoms with E-state index in [0.717, 1.165) is 40.2 Å². The van der Waals surface area contributed by atoms with Crippen LogP contribution in [-0.2, 0) is 23.0 Å².